The summed E-state index contributed by atoms with van der Waals surface area (Å²) < 4.78 is 11.2. The molecular weight excluding hydrogens is 290 g/mol. The first-order chi connectivity index (χ1) is 11.2. The van der Waals surface area contributed by atoms with Gasteiger partial charge in [0.05, 0.1) is 6.61 Å². The van der Waals surface area contributed by atoms with Crippen LogP contribution in [0.3, 0.4) is 0 Å². The van der Waals surface area contributed by atoms with Gasteiger partial charge in [0.15, 0.2) is 0 Å². The zero-order chi connectivity index (χ0) is 16.1. The van der Waals surface area contributed by atoms with E-state index in [2.05, 4.69) is 11.9 Å². The standard InChI is InChI=1S/C19H25NO3/c1-2-3-7-10-22-14-19-11-16(20-17(19)12-19)18(21)23-13-15-8-5-4-6-9-15/h2,4-6,8-9,16-17,20H,1,3,7,10-14H2. The topological polar surface area (TPSA) is 47.6 Å². The van der Waals surface area contributed by atoms with Gasteiger partial charge in [0.25, 0.3) is 0 Å². The van der Waals surface area contributed by atoms with Crippen molar-refractivity contribution in [2.45, 2.75) is 44.4 Å². The number of ether oxygens (including phenoxy) is 2. The number of carbonyl (C=O) groups excluding carboxylic acids is 1. The number of fused-ring (bicyclic) bond motifs is 1. The fourth-order valence-corrected chi connectivity index (χ4v) is 3.32. The lowest BCUT2D eigenvalue weighted by atomic mass is 10.0. The lowest BCUT2D eigenvalue weighted by molar-refractivity contribution is -0.147. The van der Waals surface area contributed by atoms with E-state index in [9.17, 15) is 4.79 Å². The minimum absolute atomic E-state index is 0.146. The number of hydrogen-bond acceptors (Lipinski definition) is 4. The third kappa shape index (κ3) is 4.01. The maximum absolute atomic E-state index is 12.2. The van der Waals surface area contributed by atoms with E-state index in [1.54, 1.807) is 0 Å². The molecule has 3 atom stereocenters. The summed E-state index contributed by atoms with van der Waals surface area (Å²) in [7, 11) is 0. The number of piperidine rings is 1. The third-order valence-corrected chi connectivity index (χ3v) is 4.80. The SMILES string of the molecule is C=CCCCOCC12CC(C(=O)OCc3ccccc3)NC1C2. The van der Waals surface area contributed by atoms with Gasteiger partial charge >= 0.3 is 5.97 Å². The van der Waals surface area contributed by atoms with Gasteiger partial charge in [0.2, 0.25) is 0 Å². The highest BCUT2D eigenvalue weighted by Gasteiger charge is 2.61. The van der Waals surface area contributed by atoms with Gasteiger partial charge in [-0.3, -0.25) is 4.79 Å². The van der Waals surface area contributed by atoms with Crippen LogP contribution in [0.2, 0.25) is 0 Å². The number of unbranched alkanes of at least 4 members (excludes halogenated alkanes) is 1. The lowest BCUT2D eigenvalue weighted by Crippen LogP contribution is -2.35. The summed E-state index contributed by atoms with van der Waals surface area (Å²) in [5.74, 6) is -0.146. The van der Waals surface area contributed by atoms with Crippen LogP contribution < -0.4 is 5.32 Å². The maximum Gasteiger partial charge on any atom is 0.323 e. The zero-order valence-electron chi connectivity index (χ0n) is 13.5. The Morgan fingerprint density at radius 1 is 1.35 bits per heavy atom. The second-order valence-corrected chi connectivity index (χ2v) is 6.62. The predicted molar refractivity (Wildman–Crippen MR) is 88.9 cm³/mol. The molecule has 3 rings (SSSR count). The van der Waals surface area contributed by atoms with Gasteiger partial charge in [0, 0.05) is 18.1 Å². The first kappa shape index (κ1) is 16.2. The van der Waals surface area contributed by atoms with Crippen molar-refractivity contribution in [3.63, 3.8) is 0 Å². The molecule has 1 N–H and O–H groups in total. The van der Waals surface area contributed by atoms with Gasteiger partial charge in [-0.1, -0.05) is 36.4 Å². The predicted octanol–water partition coefficient (Wildman–Crippen LogP) is 2.83. The van der Waals surface area contributed by atoms with Crippen molar-refractivity contribution in [3.8, 4) is 0 Å². The number of carbonyl (C=O) groups is 1. The molecular formula is C19H25NO3. The summed E-state index contributed by atoms with van der Waals surface area (Å²) in [4.78, 5) is 12.2. The first-order valence-corrected chi connectivity index (χ1v) is 8.39. The highest BCUT2D eigenvalue weighted by molar-refractivity contribution is 5.77. The molecule has 4 nitrogen and oxygen atoms in total. The van der Waals surface area contributed by atoms with Gasteiger partial charge < -0.3 is 14.8 Å². The minimum atomic E-state index is -0.186. The number of rotatable bonds is 9. The molecule has 23 heavy (non-hydrogen) atoms. The van der Waals surface area contributed by atoms with Crippen molar-refractivity contribution in [2.75, 3.05) is 13.2 Å². The Bertz CT molecular complexity index is 545. The van der Waals surface area contributed by atoms with Gasteiger partial charge in [-0.25, -0.2) is 0 Å². The molecule has 0 aromatic heterocycles. The molecule has 4 heteroatoms. The summed E-state index contributed by atoms with van der Waals surface area (Å²) in [6.07, 6.45) is 5.85. The number of allylic oxidation sites excluding steroid dienone is 1. The second kappa shape index (κ2) is 7.28. The fourth-order valence-electron chi connectivity index (χ4n) is 3.32. The zero-order valence-corrected chi connectivity index (χ0v) is 13.5. The van der Waals surface area contributed by atoms with Crippen LogP contribution in [0, 0.1) is 5.41 Å². The molecule has 0 bridgehead atoms. The molecule has 124 valence electrons. The largest absolute Gasteiger partial charge is 0.460 e. The van der Waals surface area contributed by atoms with Gasteiger partial charge in [-0.2, -0.15) is 0 Å². The number of nitrogens with one attached hydrogen (secondary N) is 1. The normalized spacial score (nSPS) is 28.2. The molecule has 1 aliphatic heterocycles. The molecule has 2 aliphatic rings. The van der Waals surface area contributed by atoms with E-state index >= 15 is 0 Å². The third-order valence-electron chi connectivity index (χ3n) is 4.80. The minimum Gasteiger partial charge on any atom is -0.460 e. The monoisotopic (exact) mass is 315 g/mol. The van der Waals surface area contributed by atoms with Crippen LogP contribution >= 0.6 is 0 Å². The van der Waals surface area contributed by atoms with E-state index in [-0.39, 0.29) is 17.4 Å². The van der Waals surface area contributed by atoms with Crippen molar-refractivity contribution in [2.24, 2.45) is 5.41 Å². The molecule has 1 aliphatic carbocycles. The molecule has 1 saturated carbocycles. The Balaban J connectivity index is 1.39. The molecule has 3 unspecified atom stereocenters. The summed E-state index contributed by atoms with van der Waals surface area (Å²) in [6, 6.07) is 10.0. The van der Waals surface area contributed by atoms with Crippen molar-refractivity contribution in [1.29, 1.82) is 0 Å². The Hall–Kier alpha value is -1.65. The molecule has 0 radical (unpaired) electrons. The van der Waals surface area contributed by atoms with Gasteiger partial charge in [-0.15, -0.1) is 6.58 Å². The Kier molecular flexibility index (Phi) is 5.13. The molecule has 2 fully saturated rings. The molecule has 1 heterocycles. The van der Waals surface area contributed by atoms with Crippen LogP contribution in [-0.2, 0) is 20.9 Å². The molecule has 1 saturated heterocycles. The first-order valence-electron chi connectivity index (χ1n) is 8.39. The average molecular weight is 315 g/mol. The van der Waals surface area contributed by atoms with Crippen LogP contribution in [0.25, 0.3) is 0 Å². The molecule has 1 aromatic carbocycles. The van der Waals surface area contributed by atoms with E-state index in [1.165, 1.54) is 0 Å². The Morgan fingerprint density at radius 2 is 2.17 bits per heavy atom. The second-order valence-electron chi connectivity index (χ2n) is 6.62. The lowest BCUT2D eigenvalue weighted by Gasteiger charge is -2.16. The molecule has 0 spiro atoms. The summed E-state index contributed by atoms with van der Waals surface area (Å²) >= 11 is 0. The van der Waals surface area contributed by atoms with Crippen LogP contribution in [-0.4, -0.2) is 31.3 Å². The smallest absolute Gasteiger partial charge is 0.323 e. The summed E-state index contributed by atoms with van der Waals surface area (Å²) in [5.41, 5.74) is 1.18. The highest BCUT2D eigenvalue weighted by Crippen LogP contribution is 2.54. The summed E-state index contributed by atoms with van der Waals surface area (Å²) in [6.45, 7) is 5.56. The maximum atomic E-state index is 12.2. The Labute approximate surface area is 137 Å². The Morgan fingerprint density at radius 3 is 2.96 bits per heavy atom. The van der Waals surface area contributed by atoms with Crippen molar-refractivity contribution in [1.82, 2.24) is 5.32 Å². The number of hydrogen-bond donors (Lipinski definition) is 1. The van der Waals surface area contributed by atoms with Gasteiger partial charge in [0.1, 0.15) is 12.6 Å². The van der Waals surface area contributed by atoms with E-state index < -0.39 is 0 Å². The van der Waals surface area contributed by atoms with E-state index in [0.29, 0.717) is 12.6 Å². The van der Waals surface area contributed by atoms with Crippen LogP contribution in [0.4, 0.5) is 0 Å². The highest BCUT2D eigenvalue weighted by atomic mass is 16.5. The molecule has 1 aromatic rings. The fraction of sp³-hybridized carbons (Fsp3) is 0.526. The van der Waals surface area contributed by atoms with Crippen LogP contribution in [0.1, 0.15) is 31.2 Å². The van der Waals surface area contributed by atoms with E-state index in [4.69, 9.17) is 9.47 Å². The van der Waals surface area contributed by atoms with E-state index in [0.717, 1.165) is 44.5 Å². The van der Waals surface area contributed by atoms with Gasteiger partial charge in [-0.05, 0) is 31.2 Å². The van der Waals surface area contributed by atoms with Crippen molar-refractivity contribution >= 4 is 5.97 Å². The number of esters is 1. The average Bonchev–Trinajstić information content (AvgIpc) is 3.13. The number of benzene rings is 1. The van der Waals surface area contributed by atoms with Crippen molar-refractivity contribution in [3.05, 3.63) is 48.6 Å². The van der Waals surface area contributed by atoms with Crippen LogP contribution in [0.15, 0.2) is 43.0 Å². The molecule has 0 amide bonds. The quantitative estimate of drug-likeness (QED) is 0.432. The van der Waals surface area contributed by atoms with Crippen LogP contribution in [0.5, 0.6) is 0 Å². The van der Waals surface area contributed by atoms with Crippen molar-refractivity contribution < 1.29 is 14.3 Å². The summed E-state index contributed by atoms with van der Waals surface area (Å²) in [5, 5.41) is 3.39. The van der Waals surface area contributed by atoms with E-state index in [1.807, 2.05) is 36.4 Å².